The fourth-order valence-electron chi connectivity index (χ4n) is 5.69. The minimum Gasteiger partial charge on any atom is -0.508 e. The number of fused-ring (bicyclic) bond motifs is 5. The second-order valence-electron chi connectivity index (χ2n) is 8.16. The fourth-order valence-corrected chi connectivity index (χ4v) is 5.69. The number of phenolic OH excluding ortho intramolecular Hbond substituents is 1. The summed E-state index contributed by atoms with van der Waals surface area (Å²) in [5.74, 6) is 2.74. The van der Waals surface area contributed by atoms with E-state index in [1.807, 2.05) is 12.1 Å². The Kier molecular flexibility index (Phi) is 2.65. The van der Waals surface area contributed by atoms with Gasteiger partial charge in [-0.25, -0.2) is 0 Å². The van der Waals surface area contributed by atoms with Crippen LogP contribution in [-0.4, -0.2) is 5.11 Å². The highest BCUT2D eigenvalue weighted by atomic mass is 16.3. The molecule has 0 heterocycles. The van der Waals surface area contributed by atoms with Gasteiger partial charge in [0.25, 0.3) is 0 Å². The van der Waals surface area contributed by atoms with Gasteiger partial charge in [-0.15, -0.1) is 0 Å². The highest BCUT2D eigenvalue weighted by Crippen LogP contribution is 2.64. The molecule has 0 aliphatic heterocycles. The average Bonchev–Trinajstić information content (AvgIpc) is 2.75. The molecular formula is C20H26O. The van der Waals surface area contributed by atoms with E-state index >= 15 is 0 Å². The molecule has 1 heteroatoms. The van der Waals surface area contributed by atoms with E-state index in [2.05, 4.69) is 39.0 Å². The van der Waals surface area contributed by atoms with Crippen molar-refractivity contribution in [3.63, 3.8) is 0 Å². The minimum absolute atomic E-state index is 0.256. The standard InChI is InChI=1S/C20H26O/c1-13-4-7-17-18-8-5-14-12-15(21)6-9-16(14)20(18,3)11-10-19(13,17)2/h5-6,8-9,12-13,17-18,21H,4,7,10-11H2,1-3H3/t13?,17?,18?,19?,20-/m1/s1. The van der Waals surface area contributed by atoms with Crippen LogP contribution in [0, 0.1) is 23.2 Å². The van der Waals surface area contributed by atoms with E-state index in [-0.39, 0.29) is 5.41 Å². The number of aromatic hydroxyl groups is 1. The normalized spacial score (nSPS) is 44.0. The van der Waals surface area contributed by atoms with Gasteiger partial charge >= 0.3 is 0 Å². The Morgan fingerprint density at radius 3 is 2.76 bits per heavy atom. The molecular weight excluding hydrogens is 256 g/mol. The third-order valence-electron chi connectivity index (χ3n) is 7.37. The molecule has 2 fully saturated rings. The van der Waals surface area contributed by atoms with E-state index in [9.17, 15) is 5.11 Å². The Morgan fingerprint density at radius 1 is 1.14 bits per heavy atom. The maximum absolute atomic E-state index is 9.76. The van der Waals surface area contributed by atoms with Crippen molar-refractivity contribution >= 4 is 6.08 Å². The Labute approximate surface area is 128 Å². The molecule has 0 amide bonds. The lowest BCUT2D eigenvalue weighted by atomic mass is 9.50. The zero-order valence-electron chi connectivity index (χ0n) is 13.4. The van der Waals surface area contributed by atoms with Crippen LogP contribution in [0.4, 0.5) is 0 Å². The SMILES string of the molecule is CC1CCC2C3C=Cc4cc(O)ccc4[C@@]3(C)CCC12C. The third kappa shape index (κ3) is 1.64. The number of phenols is 1. The molecule has 4 rings (SSSR count). The lowest BCUT2D eigenvalue weighted by Crippen LogP contribution is -2.48. The summed E-state index contributed by atoms with van der Waals surface area (Å²) >= 11 is 0. The second-order valence-corrected chi connectivity index (χ2v) is 8.16. The Balaban J connectivity index is 1.82. The van der Waals surface area contributed by atoms with Gasteiger partial charge in [0.15, 0.2) is 0 Å². The topological polar surface area (TPSA) is 20.2 Å². The van der Waals surface area contributed by atoms with E-state index in [0.717, 1.165) is 11.8 Å². The summed E-state index contributed by atoms with van der Waals surface area (Å²) in [4.78, 5) is 0. The van der Waals surface area contributed by atoms with Crippen LogP contribution < -0.4 is 0 Å². The van der Waals surface area contributed by atoms with Gasteiger partial charge in [-0.1, -0.05) is 39.0 Å². The van der Waals surface area contributed by atoms with Gasteiger partial charge in [0, 0.05) is 0 Å². The van der Waals surface area contributed by atoms with Crippen LogP contribution in [-0.2, 0) is 5.41 Å². The van der Waals surface area contributed by atoms with Crippen molar-refractivity contribution in [3.8, 4) is 5.75 Å². The molecule has 0 aromatic heterocycles. The van der Waals surface area contributed by atoms with Crippen LogP contribution in [0.3, 0.4) is 0 Å². The van der Waals surface area contributed by atoms with Crippen molar-refractivity contribution < 1.29 is 5.11 Å². The maximum Gasteiger partial charge on any atom is 0.116 e. The smallest absolute Gasteiger partial charge is 0.116 e. The number of benzene rings is 1. The van der Waals surface area contributed by atoms with Crippen molar-refractivity contribution in [2.75, 3.05) is 0 Å². The molecule has 1 N–H and O–H groups in total. The summed E-state index contributed by atoms with van der Waals surface area (Å²) in [5.41, 5.74) is 3.47. The number of hydrogen-bond donors (Lipinski definition) is 1. The Hall–Kier alpha value is -1.24. The van der Waals surface area contributed by atoms with Crippen LogP contribution in [0.25, 0.3) is 6.08 Å². The molecule has 112 valence electrons. The van der Waals surface area contributed by atoms with Gasteiger partial charge in [0.1, 0.15) is 5.75 Å². The lowest BCUT2D eigenvalue weighted by Gasteiger charge is -2.54. The van der Waals surface area contributed by atoms with Crippen molar-refractivity contribution in [2.24, 2.45) is 23.2 Å². The van der Waals surface area contributed by atoms with E-state index in [0.29, 0.717) is 17.1 Å². The molecule has 0 spiro atoms. The molecule has 0 bridgehead atoms. The summed E-state index contributed by atoms with van der Waals surface area (Å²) in [6.07, 6.45) is 10.1. The first-order chi connectivity index (χ1) is 9.95. The minimum atomic E-state index is 0.256. The van der Waals surface area contributed by atoms with E-state index < -0.39 is 0 Å². The molecule has 1 nitrogen and oxygen atoms in total. The molecule has 5 atom stereocenters. The molecule has 1 aromatic rings. The van der Waals surface area contributed by atoms with E-state index in [4.69, 9.17) is 0 Å². The van der Waals surface area contributed by atoms with Gasteiger partial charge in [-0.05, 0) is 77.5 Å². The molecule has 1 aromatic carbocycles. The van der Waals surface area contributed by atoms with Crippen LogP contribution in [0.2, 0.25) is 0 Å². The van der Waals surface area contributed by atoms with Crippen molar-refractivity contribution in [3.05, 3.63) is 35.4 Å². The maximum atomic E-state index is 9.76. The lowest BCUT2D eigenvalue weighted by molar-refractivity contribution is 0.0256. The summed E-state index contributed by atoms with van der Waals surface area (Å²) < 4.78 is 0. The number of rotatable bonds is 0. The van der Waals surface area contributed by atoms with Crippen LogP contribution in [0.5, 0.6) is 5.75 Å². The van der Waals surface area contributed by atoms with Gasteiger partial charge in [0.2, 0.25) is 0 Å². The second kappa shape index (κ2) is 4.15. The van der Waals surface area contributed by atoms with Gasteiger partial charge < -0.3 is 5.11 Å². The van der Waals surface area contributed by atoms with Crippen LogP contribution >= 0.6 is 0 Å². The van der Waals surface area contributed by atoms with Crippen LogP contribution in [0.15, 0.2) is 24.3 Å². The van der Waals surface area contributed by atoms with E-state index in [1.165, 1.54) is 36.8 Å². The first-order valence-electron chi connectivity index (χ1n) is 8.47. The molecule has 0 saturated heterocycles. The Morgan fingerprint density at radius 2 is 1.95 bits per heavy atom. The summed E-state index contributed by atoms with van der Waals surface area (Å²) in [5, 5.41) is 9.76. The molecule has 3 aliphatic carbocycles. The summed E-state index contributed by atoms with van der Waals surface area (Å²) in [6.45, 7) is 7.45. The molecule has 0 radical (unpaired) electrons. The van der Waals surface area contributed by atoms with E-state index in [1.54, 1.807) is 0 Å². The highest BCUT2D eigenvalue weighted by Gasteiger charge is 2.56. The quantitative estimate of drug-likeness (QED) is 0.698. The fraction of sp³-hybridized carbons (Fsp3) is 0.600. The largest absolute Gasteiger partial charge is 0.508 e. The zero-order valence-corrected chi connectivity index (χ0v) is 13.4. The molecule has 21 heavy (non-hydrogen) atoms. The highest BCUT2D eigenvalue weighted by molar-refractivity contribution is 5.62. The van der Waals surface area contributed by atoms with Gasteiger partial charge in [-0.3, -0.25) is 0 Å². The predicted molar refractivity (Wildman–Crippen MR) is 87.2 cm³/mol. The molecule has 4 unspecified atom stereocenters. The number of hydrogen-bond acceptors (Lipinski definition) is 1. The average molecular weight is 282 g/mol. The number of allylic oxidation sites excluding steroid dienone is 1. The zero-order chi connectivity index (χ0) is 14.8. The van der Waals surface area contributed by atoms with Crippen molar-refractivity contribution in [1.82, 2.24) is 0 Å². The van der Waals surface area contributed by atoms with Crippen molar-refractivity contribution in [2.45, 2.75) is 51.9 Å². The molecule has 2 saturated carbocycles. The first kappa shape index (κ1) is 13.4. The Bertz CT molecular complexity index is 616. The summed E-state index contributed by atoms with van der Waals surface area (Å²) in [7, 11) is 0. The predicted octanol–water partition coefficient (Wildman–Crippen LogP) is 5.14. The van der Waals surface area contributed by atoms with Crippen LogP contribution in [0.1, 0.15) is 57.6 Å². The van der Waals surface area contributed by atoms with Gasteiger partial charge in [-0.2, -0.15) is 0 Å². The first-order valence-corrected chi connectivity index (χ1v) is 8.47. The summed E-state index contributed by atoms with van der Waals surface area (Å²) in [6, 6.07) is 5.96. The molecule has 3 aliphatic rings. The van der Waals surface area contributed by atoms with Gasteiger partial charge in [0.05, 0.1) is 0 Å². The monoisotopic (exact) mass is 282 g/mol. The van der Waals surface area contributed by atoms with Crippen molar-refractivity contribution in [1.29, 1.82) is 0 Å². The third-order valence-corrected chi connectivity index (χ3v) is 7.37.